The summed E-state index contributed by atoms with van der Waals surface area (Å²) < 4.78 is 38.1. The Morgan fingerprint density at radius 2 is 1.96 bits per heavy atom. The zero-order valence-corrected chi connectivity index (χ0v) is 14.7. The van der Waals surface area contributed by atoms with Crippen molar-refractivity contribution in [1.82, 2.24) is 10.4 Å². The van der Waals surface area contributed by atoms with Gasteiger partial charge in [-0.15, -0.1) is 25.6 Å². The van der Waals surface area contributed by atoms with Crippen LogP contribution in [0.25, 0.3) is 0 Å². The lowest BCUT2D eigenvalue weighted by atomic mass is 10.1. The maximum atomic E-state index is 12.7. The minimum Gasteiger partial charge on any atom is -0.370 e. The van der Waals surface area contributed by atoms with Crippen LogP contribution in [0.2, 0.25) is 0 Å². The van der Waals surface area contributed by atoms with Gasteiger partial charge in [-0.05, 0) is 18.4 Å². The summed E-state index contributed by atoms with van der Waals surface area (Å²) in [5, 5.41) is 10.1. The number of aliphatic imine (C=N–C) groups is 1. The summed E-state index contributed by atoms with van der Waals surface area (Å²) >= 11 is 0. The van der Waals surface area contributed by atoms with Crippen molar-refractivity contribution in [2.24, 2.45) is 10.7 Å². The molecule has 0 aliphatic carbocycles. The number of guanidine groups is 2. The molecule has 0 saturated carbocycles. The number of benzene rings is 1. The van der Waals surface area contributed by atoms with Gasteiger partial charge >= 0.3 is 6.36 Å². The normalized spacial score (nSPS) is 11.6. The highest BCUT2D eigenvalue weighted by Crippen LogP contribution is 2.19. The molecule has 0 atom stereocenters. The molecule has 1 aromatic carbocycles. The second-order valence-corrected chi connectivity index (χ2v) is 4.97. The average Bonchev–Trinajstić information content (AvgIpc) is 2.50. The van der Waals surface area contributed by atoms with Gasteiger partial charge in [0, 0.05) is 6.54 Å². The number of hydrogen-bond acceptors (Lipinski definition) is 3. The Morgan fingerprint density at radius 3 is 2.48 bits per heavy atom. The molecule has 25 heavy (non-hydrogen) atoms. The molecule has 6 nitrogen and oxygen atoms in total. The van der Waals surface area contributed by atoms with Crippen molar-refractivity contribution in [2.45, 2.75) is 32.5 Å². The summed E-state index contributed by atoms with van der Waals surface area (Å²) in [6.07, 6.45) is -3.04. The van der Waals surface area contributed by atoms with E-state index in [1.54, 1.807) is 24.3 Å². The fourth-order valence-corrected chi connectivity index (χ4v) is 1.84. The van der Waals surface area contributed by atoms with Crippen LogP contribution in [0, 0.1) is 5.41 Å². The van der Waals surface area contributed by atoms with Gasteiger partial charge in [-0.2, -0.15) is 4.84 Å². The van der Waals surface area contributed by atoms with Crippen LogP contribution in [0.5, 0.6) is 0 Å². The molecule has 1 rings (SSSR count). The first-order valence-electron chi connectivity index (χ1n) is 7.54. The predicted octanol–water partition coefficient (Wildman–Crippen LogP) is 3.04. The number of rotatable bonds is 7. The summed E-state index contributed by atoms with van der Waals surface area (Å²) in [5.74, 6) is -0.745. The highest BCUT2D eigenvalue weighted by Gasteiger charge is 2.35. The molecule has 1 aromatic rings. The topological polar surface area (TPSA) is 86.7 Å². The third-order valence-electron chi connectivity index (χ3n) is 2.92. The third-order valence-corrected chi connectivity index (χ3v) is 2.92. The molecule has 0 heterocycles. The average molecular weight is 382 g/mol. The Morgan fingerprint density at radius 1 is 1.32 bits per heavy atom. The second-order valence-electron chi connectivity index (χ2n) is 4.97. The van der Waals surface area contributed by atoms with Gasteiger partial charge < -0.3 is 5.73 Å². The van der Waals surface area contributed by atoms with Gasteiger partial charge in [0.1, 0.15) is 0 Å². The van der Waals surface area contributed by atoms with E-state index in [0.717, 1.165) is 12.0 Å². The number of alkyl halides is 3. The maximum Gasteiger partial charge on any atom is 0.544 e. The number of nitrogens with one attached hydrogen (secondary N) is 2. The molecule has 0 bridgehead atoms. The van der Waals surface area contributed by atoms with Crippen LogP contribution in [0.1, 0.15) is 25.3 Å². The van der Waals surface area contributed by atoms with E-state index in [-0.39, 0.29) is 24.9 Å². The van der Waals surface area contributed by atoms with Crippen LogP contribution in [0.15, 0.2) is 35.3 Å². The van der Waals surface area contributed by atoms with Crippen LogP contribution >= 0.6 is 12.4 Å². The smallest absolute Gasteiger partial charge is 0.370 e. The van der Waals surface area contributed by atoms with Crippen LogP contribution in [-0.4, -0.2) is 36.4 Å². The molecule has 0 aliphatic rings. The van der Waals surface area contributed by atoms with E-state index >= 15 is 0 Å². The zero-order chi connectivity index (χ0) is 18.0. The molecule has 0 unspecified atom stereocenters. The van der Waals surface area contributed by atoms with Crippen LogP contribution in [0.3, 0.4) is 0 Å². The Balaban J connectivity index is 0.00000576. The summed E-state index contributed by atoms with van der Waals surface area (Å²) in [7, 11) is 0. The lowest BCUT2D eigenvalue weighted by Gasteiger charge is -2.26. The summed E-state index contributed by atoms with van der Waals surface area (Å²) in [6, 6.07) is 9.03. The number of halogens is 4. The fourth-order valence-electron chi connectivity index (χ4n) is 1.84. The first-order chi connectivity index (χ1) is 11.3. The number of hydrogen-bond donors (Lipinski definition) is 3. The van der Waals surface area contributed by atoms with E-state index in [1.807, 2.05) is 13.0 Å². The third kappa shape index (κ3) is 10.5. The second kappa shape index (κ2) is 11.5. The predicted molar refractivity (Wildman–Crippen MR) is 93.5 cm³/mol. The van der Waals surface area contributed by atoms with Gasteiger partial charge in [-0.25, -0.2) is 5.06 Å². The zero-order valence-electron chi connectivity index (χ0n) is 13.8. The Bertz CT molecular complexity index is 540. The number of nitrogens with two attached hydrogens (primary N) is 1. The lowest BCUT2D eigenvalue weighted by Crippen LogP contribution is -2.49. The SMILES string of the molecule is CCCCN=C(NC(=N)N)N(CCc1ccccc1)OC(F)(F)F.Cl. The van der Waals surface area contributed by atoms with E-state index in [4.69, 9.17) is 11.1 Å². The largest absolute Gasteiger partial charge is 0.544 e. The van der Waals surface area contributed by atoms with Gasteiger partial charge in [0.05, 0.1) is 6.54 Å². The lowest BCUT2D eigenvalue weighted by molar-refractivity contribution is -0.395. The van der Waals surface area contributed by atoms with Crippen molar-refractivity contribution >= 4 is 24.3 Å². The summed E-state index contributed by atoms with van der Waals surface area (Å²) in [4.78, 5) is 8.08. The molecule has 0 aliphatic heterocycles. The highest BCUT2D eigenvalue weighted by atomic mass is 35.5. The van der Waals surface area contributed by atoms with E-state index in [2.05, 4.69) is 15.1 Å². The van der Waals surface area contributed by atoms with Crippen LogP contribution in [0.4, 0.5) is 13.2 Å². The van der Waals surface area contributed by atoms with E-state index < -0.39 is 12.3 Å². The van der Waals surface area contributed by atoms with E-state index in [1.165, 1.54) is 0 Å². The molecule has 0 saturated heterocycles. The van der Waals surface area contributed by atoms with Gasteiger partial charge in [-0.3, -0.25) is 15.7 Å². The van der Waals surface area contributed by atoms with Crippen molar-refractivity contribution < 1.29 is 18.0 Å². The quantitative estimate of drug-likeness (QED) is 0.293. The number of nitrogens with zero attached hydrogens (tertiary/aromatic N) is 2. The van der Waals surface area contributed by atoms with Gasteiger partial charge in [0.15, 0.2) is 5.96 Å². The highest BCUT2D eigenvalue weighted by molar-refractivity contribution is 5.96. The molecule has 0 spiro atoms. The first-order valence-corrected chi connectivity index (χ1v) is 7.54. The minimum atomic E-state index is -4.87. The van der Waals surface area contributed by atoms with Crippen molar-refractivity contribution in [2.75, 3.05) is 13.1 Å². The molecule has 4 N–H and O–H groups in total. The van der Waals surface area contributed by atoms with E-state index in [9.17, 15) is 13.2 Å². The van der Waals surface area contributed by atoms with Crippen molar-refractivity contribution in [3.8, 4) is 0 Å². The molecule has 0 aromatic heterocycles. The first kappa shape index (κ1) is 23.0. The number of hydroxylamine groups is 2. The molecule has 10 heteroatoms. The Kier molecular flexibility index (Phi) is 10.6. The van der Waals surface area contributed by atoms with E-state index in [0.29, 0.717) is 24.4 Å². The minimum absolute atomic E-state index is 0. The standard InChI is InChI=1S/C15H22F3N5O.ClH/c1-2-3-10-21-14(22-13(19)20)23(24-15(16,17)18)11-9-12-7-5-4-6-8-12;/h4-8H,2-3,9-11H2,1H3,(H4,19,20,21,22);1H. The Labute approximate surface area is 151 Å². The molecular formula is C15H23ClF3N5O. The summed E-state index contributed by atoms with van der Waals surface area (Å²) in [6.45, 7) is 2.14. The van der Waals surface area contributed by atoms with Gasteiger partial charge in [0.2, 0.25) is 5.96 Å². The number of unbranched alkanes of at least 4 members (excludes halogenated alkanes) is 1. The monoisotopic (exact) mass is 381 g/mol. The van der Waals surface area contributed by atoms with Gasteiger partial charge in [-0.1, -0.05) is 43.7 Å². The molecular weight excluding hydrogens is 359 g/mol. The summed E-state index contributed by atoms with van der Waals surface area (Å²) in [5.41, 5.74) is 6.09. The van der Waals surface area contributed by atoms with Crippen molar-refractivity contribution in [1.29, 1.82) is 5.41 Å². The maximum absolute atomic E-state index is 12.7. The Hall–Kier alpha value is -2.00. The molecule has 0 radical (unpaired) electrons. The van der Waals surface area contributed by atoms with Crippen molar-refractivity contribution in [3.63, 3.8) is 0 Å². The van der Waals surface area contributed by atoms with Crippen LogP contribution < -0.4 is 11.1 Å². The molecule has 0 fully saturated rings. The fraction of sp³-hybridized carbons (Fsp3) is 0.467. The van der Waals surface area contributed by atoms with Gasteiger partial charge in [0.25, 0.3) is 0 Å². The van der Waals surface area contributed by atoms with Crippen molar-refractivity contribution in [3.05, 3.63) is 35.9 Å². The molecule has 142 valence electrons. The van der Waals surface area contributed by atoms with Crippen LogP contribution in [-0.2, 0) is 11.3 Å². The molecule has 0 amide bonds.